The van der Waals surface area contributed by atoms with Gasteiger partial charge in [0, 0.05) is 16.4 Å². The van der Waals surface area contributed by atoms with Crippen LogP contribution in [0, 0.1) is 6.92 Å². The molecule has 2 rings (SSSR count). The molecule has 1 aromatic carbocycles. The molecule has 0 radical (unpaired) electrons. The highest BCUT2D eigenvalue weighted by Gasteiger charge is 2.06. The number of nitrogens with zero attached hydrogens (tertiary/aromatic N) is 1. The van der Waals surface area contributed by atoms with Crippen molar-refractivity contribution in [1.29, 1.82) is 0 Å². The quantitative estimate of drug-likeness (QED) is 0.896. The second kappa shape index (κ2) is 5.18. The van der Waals surface area contributed by atoms with Crippen molar-refractivity contribution in [2.24, 2.45) is 0 Å². The van der Waals surface area contributed by atoms with Gasteiger partial charge in [0.25, 0.3) is 5.91 Å². The van der Waals surface area contributed by atoms with Crippen molar-refractivity contribution in [1.82, 2.24) is 4.98 Å². The summed E-state index contributed by atoms with van der Waals surface area (Å²) in [6.07, 6.45) is 1.45. The third kappa shape index (κ3) is 2.87. The first kappa shape index (κ1) is 12.6. The molecule has 5 heteroatoms. The Balaban J connectivity index is 2.16. The molecule has 0 fully saturated rings. The molecule has 0 saturated heterocycles. The molecule has 0 atom stereocenters. The van der Waals surface area contributed by atoms with Crippen LogP contribution in [0.2, 0.25) is 0 Å². The second-order valence-corrected chi connectivity index (χ2v) is 4.74. The molecule has 4 nitrogen and oxygen atoms in total. The van der Waals surface area contributed by atoms with Crippen molar-refractivity contribution in [3.8, 4) is 0 Å². The first-order valence-electron chi connectivity index (χ1n) is 5.35. The van der Waals surface area contributed by atoms with E-state index in [1.807, 2.05) is 25.1 Å². The van der Waals surface area contributed by atoms with Gasteiger partial charge in [-0.15, -0.1) is 0 Å². The fourth-order valence-electron chi connectivity index (χ4n) is 1.47. The number of amides is 1. The van der Waals surface area contributed by atoms with Gasteiger partial charge in [-0.05, 0) is 42.8 Å². The number of carbonyl (C=O) groups excluding carboxylic acids is 1. The third-order valence-corrected chi connectivity index (χ3v) is 3.35. The summed E-state index contributed by atoms with van der Waals surface area (Å²) in [5.74, 6) is 0.190. The van der Waals surface area contributed by atoms with Crippen LogP contribution in [0.1, 0.15) is 15.9 Å². The van der Waals surface area contributed by atoms with Crippen molar-refractivity contribution in [2.75, 3.05) is 11.1 Å². The fraction of sp³-hybridized carbons (Fsp3) is 0.0769. The Morgan fingerprint density at radius 2 is 2.11 bits per heavy atom. The van der Waals surface area contributed by atoms with Crippen LogP contribution in [0.3, 0.4) is 0 Å². The van der Waals surface area contributed by atoms with E-state index in [0.29, 0.717) is 11.4 Å². The molecule has 3 N–H and O–H groups in total. The minimum atomic E-state index is -0.204. The molecular weight excluding hydrogens is 294 g/mol. The Hall–Kier alpha value is -1.88. The number of aryl methyl sites for hydroxylation is 1. The van der Waals surface area contributed by atoms with E-state index in [1.165, 1.54) is 6.20 Å². The SMILES string of the molecule is Cc1cc(NC(=O)c2ccc(N)nc2)ccc1Br. The zero-order valence-electron chi connectivity index (χ0n) is 9.77. The lowest BCUT2D eigenvalue weighted by atomic mass is 10.2. The molecular formula is C13H12BrN3O. The molecule has 1 heterocycles. The summed E-state index contributed by atoms with van der Waals surface area (Å²) in [4.78, 5) is 15.8. The minimum Gasteiger partial charge on any atom is -0.384 e. The van der Waals surface area contributed by atoms with E-state index in [0.717, 1.165) is 15.7 Å². The molecule has 0 saturated carbocycles. The van der Waals surface area contributed by atoms with E-state index in [1.54, 1.807) is 12.1 Å². The summed E-state index contributed by atoms with van der Waals surface area (Å²) < 4.78 is 1.01. The number of pyridine rings is 1. The summed E-state index contributed by atoms with van der Waals surface area (Å²) in [6, 6.07) is 8.86. The predicted molar refractivity (Wildman–Crippen MR) is 75.5 cm³/mol. The summed E-state index contributed by atoms with van der Waals surface area (Å²) >= 11 is 3.41. The van der Waals surface area contributed by atoms with Crippen molar-refractivity contribution in [3.05, 3.63) is 52.1 Å². The van der Waals surface area contributed by atoms with Gasteiger partial charge in [-0.3, -0.25) is 4.79 Å². The van der Waals surface area contributed by atoms with Crippen LogP contribution < -0.4 is 11.1 Å². The van der Waals surface area contributed by atoms with Crippen molar-refractivity contribution < 1.29 is 4.79 Å². The highest BCUT2D eigenvalue weighted by atomic mass is 79.9. The number of carbonyl (C=O) groups is 1. The number of aromatic nitrogens is 1. The Bertz CT molecular complexity index is 581. The van der Waals surface area contributed by atoms with Gasteiger partial charge in [-0.25, -0.2) is 4.98 Å². The molecule has 0 aliphatic heterocycles. The van der Waals surface area contributed by atoms with Crippen LogP contribution in [-0.4, -0.2) is 10.9 Å². The molecule has 0 aliphatic carbocycles. The Kier molecular flexibility index (Phi) is 3.62. The Morgan fingerprint density at radius 3 is 2.72 bits per heavy atom. The standard InChI is InChI=1S/C13H12BrN3O/c1-8-6-10(3-4-11(8)14)17-13(18)9-2-5-12(15)16-7-9/h2-7H,1H3,(H2,15,16)(H,17,18). The molecule has 0 bridgehead atoms. The van der Waals surface area contributed by atoms with Gasteiger partial charge in [-0.2, -0.15) is 0 Å². The Labute approximate surface area is 113 Å². The van der Waals surface area contributed by atoms with Gasteiger partial charge in [0.05, 0.1) is 5.56 Å². The average molecular weight is 306 g/mol. The van der Waals surface area contributed by atoms with Crippen molar-refractivity contribution in [3.63, 3.8) is 0 Å². The maximum Gasteiger partial charge on any atom is 0.257 e. The largest absolute Gasteiger partial charge is 0.384 e. The molecule has 92 valence electrons. The average Bonchev–Trinajstić information content (AvgIpc) is 2.34. The maximum atomic E-state index is 11.9. The first-order valence-corrected chi connectivity index (χ1v) is 6.14. The van der Waals surface area contributed by atoms with Gasteiger partial charge in [0.2, 0.25) is 0 Å². The zero-order valence-corrected chi connectivity index (χ0v) is 11.4. The van der Waals surface area contributed by atoms with Crippen molar-refractivity contribution in [2.45, 2.75) is 6.92 Å². The number of nitrogen functional groups attached to an aromatic ring is 1. The van der Waals surface area contributed by atoms with E-state index < -0.39 is 0 Å². The van der Waals surface area contributed by atoms with Crippen LogP contribution in [0.25, 0.3) is 0 Å². The van der Waals surface area contributed by atoms with E-state index >= 15 is 0 Å². The molecule has 18 heavy (non-hydrogen) atoms. The number of nitrogens with one attached hydrogen (secondary N) is 1. The molecule has 2 aromatic rings. The molecule has 1 aromatic heterocycles. The summed E-state index contributed by atoms with van der Waals surface area (Å²) in [6.45, 7) is 1.96. The van der Waals surface area contributed by atoms with E-state index in [9.17, 15) is 4.79 Å². The van der Waals surface area contributed by atoms with Gasteiger partial charge in [0.1, 0.15) is 5.82 Å². The number of benzene rings is 1. The lowest BCUT2D eigenvalue weighted by Gasteiger charge is -2.07. The highest BCUT2D eigenvalue weighted by Crippen LogP contribution is 2.20. The number of nitrogens with two attached hydrogens (primary N) is 1. The van der Waals surface area contributed by atoms with Gasteiger partial charge in [0.15, 0.2) is 0 Å². The van der Waals surface area contributed by atoms with Crippen molar-refractivity contribution >= 4 is 33.3 Å². The number of rotatable bonds is 2. The molecule has 0 spiro atoms. The maximum absolute atomic E-state index is 11.9. The minimum absolute atomic E-state index is 0.204. The van der Waals surface area contributed by atoms with Crippen LogP contribution in [0.4, 0.5) is 11.5 Å². The van der Waals surface area contributed by atoms with Crippen LogP contribution in [0.5, 0.6) is 0 Å². The number of hydrogen-bond donors (Lipinski definition) is 2. The molecule has 0 unspecified atom stereocenters. The monoisotopic (exact) mass is 305 g/mol. The van der Waals surface area contributed by atoms with Gasteiger partial charge >= 0.3 is 0 Å². The number of halogens is 1. The van der Waals surface area contributed by atoms with Crippen LogP contribution in [-0.2, 0) is 0 Å². The zero-order chi connectivity index (χ0) is 13.1. The van der Waals surface area contributed by atoms with Gasteiger partial charge < -0.3 is 11.1 Å². The lowest BCUT2D eigenvalue weighted by Crippen LogP contribution is -2.12. The second-order valence-electron chi connectivity index (χ2n) is 3.89. The third-order valence-electron chi connectivity index (χ3n) is 2.46. The van der Waals surface area contributed by atoms with Crippen LogP contribution in [0.15, 0.2) is 41.0 Å². The Morgan fingerprint density at radius 1 is 1.33 bits per heavy atom. The molecule has 0 aliphatic rings. The van der Waals surface area contributed by atoms with Crippen LogP contribution >= 0.6 is 15.9 Å². The highest BCUT2D eigenvalue weighted by molar-refractivity contribution is 9.10. The lowest BCUT2D eigenvalue weighted by molar-refractivity contribution is 0.102. The number of anilines is 2. The smallest absolute Gasteiger partial charge is 0.257 e. The predicted octanol–water partition coefficient (Wildman–Crippen LogP) is 2.99. The topological polar surface area (TPSA) is 68.0 Å². The first-order chi connectivity index (χ1) is 8.56. The van der Waals surface area contributed by atoms with Gasteiger partial charge in [-0.1, -0.05) is 15.9 Å². The summed E-state index contributed by atoms with van der Waals surface area (Å²) in [7, 11) is 0. The summed E-state index contributed by atoms with van der Waals surface area (Å²) in [5, 5.41) is 2.81. The van der Waals surface area contributed by atoms with E-state index in [2.05, 4.69) is 26.2 Å². The normalized spacial score (nSPS) is 10.1. The fourth-order valence-corrected chi connectivity index (χ4v) is 1.71. The number of hydrogen-bond acceptors (Lipinski definition) is 3. The molecule has 1 amide bonds. The van der Waals surface area contributed by atoms with E-state index in [-0.39, 0.29) is 5.91 Å². The summed E-state index contributed by atoms with van der Waals surface area (Å²) in [5.41, 5.74) is 7.75. The van der Waals surface area contributed by atoms with E-state index in [4.69, 9.17) is 5.73 Å².